The normalized spacial score (nSPS) is 14.0. The van der Waals surface area contributed by atoms with Crippen molar-refractivity contribution in [3.05, 3.63) is 59.2 Å². The van der Waals surface area contributed by atoms with Gasteiger partial charge in [-0.25, -0.2) is 14.2 Å². The van der Waals surface area contributed by atoms with E-state index in [9.17, 15) is 18.0 Å². The maximum absolute atomic E-state index is 14.7. The molecule has 0 bridgehead atoms. The van der Waals surface area contributed by atoms with Crippen LogP contribution >= 0.6 is 0 Å². The molecule has 1 aliphatic heterocycles. The molecule has 3 aromatic rings. The highest BCUT2D eigenvalue weighted by Crippen LogP contribution is 2.32. The lowest BCUT2D eigenvalue weighted by Gasteiger charge is -2.31. The number of nitrogens with zero attached hydrogens (tertiary/aromatic N) is 3. The highest BCUT2D eigenvalue weighted by atomic mass is 19.3. The van der Waals surface area contributed by atoms with Gasteiger partial charge in [0.2, 0.25) is 0 Å². The summed E-state index contributed by atoms with van der Waals surface area (Å²) in [6.07, 6.45) is 1.87. The van der Waals surface area contributed by atoms with Crippen LogP contribution in [0.2, 0.25) is 0 Å². The van der Waals surface area contributed by atoms with Crippen LogP contribution in [0, 0.1) is 5.82 Å². The van der Waals surface area contributed by atoms with E-state index in [1.165, 1.54) is 12.1 Å². The number of amides is 1. The number of carbonyl (C=O) groups excluding carboxylic acids is 1. The van der Waals surface area contributed by atoms with Gasteiger partial charge in [-0.05, 0) is 51.0 Å². The second-order valence-electron chi connectivity index (χ2n) is 8.67. The molecule has 9 heteroatoms. The number of pyridine rings is 1. The molecule has 0 unspecified atom stereocenters. The van der Waals surface area contributed by atoms with E-state index in [2.05, 4.69) is 9.72 Å². The van der Waals surface area contributed by atoms with Gasteiger partial charge in [-0.1, -0.05) is 6.07 Å². The van der Waals surface area contributed by atoms with Gasteiger partial charge in [-0.15, -0.1) is 0 Å². The molecule has 0 saturated carbocycles. The van der Waals surface area contributed by atoms with E-state index in [0.717, 1.165) is 22.7 Å². The van der Waals surface area contributed by atoms with Gasteiger partial charge < -0.3 is 18.9 Å². The Bertz CT molecular complexity index is 1150. The van der Waals surface area contributed by atoms with Crippen molar-refractivity contribution in [2.45, 2.75) is 52.5 Å². The van der Waals surface area contributed by atoms with Crippen molar-refractivity contribution in [3.8, 4) is 5.75 Å². The third-order valence-electron chi connectivity index (χ3n) is 5.24. The molecule has 0 radical (unpaired) electrons. The second-order valence-corrected chi connectivity index (χ2v) is 8.67. The Morgan fingerprint density at radius 2 is 2.03 bits per heavy atom. The Morgan fingerprint density at radius 1 is 1.25 bits per heavy atom. The summed E-state index contributed by atoms with van der Waals surface area (Å²) >= 11 is 0. The van der Waals surface area contributed by atoms with Crippen molar-refractivity contribution < 1.29 is 27.4 Å². The zero-order valence-corrected chi connectivity index (χ0v) is 18.1. The van der Waals surface area contributed by atoms with Crippen molar-refractivity contribution in [3.63, 3.8) is 0 Å². The highest BCUT2D eigenvalue weighted by molar-refractivity contribution is 5.83. The fourth-order valence-electron chi connectivity index (χ4n) is 3.92. The molecule has 1 aliphatic rings. The van der Waals surface area contributed by atoms with E-state index in [1.807, 2.05) is 37.5 Å². The summed E-state index contributed by atoms with van der Waals surface area (Å²) in [5.74, 6) is -0.899. The average molecular weight is 447 g/mol. The van der Waals surface area contributed by atoms with Gasteiger partial charge in [0.25, 0.3) is 0 Å². The van der Waals surface area contributed by atoms with Crippen LogP contribution in [0.4, 0.5) is 18.0 Å². The molecule has 0 N–H and O–H groups in total. The maximum atomic E-state index is 14.7. The number of rotatable bonds is 4. The predicted octanol–water partition coefficient (Wildman–Crippen LogP) is 5.12. The average Bonchev–Trinajstić information content (AvgIpc) is 3.01. The molecule has 3 heterocycles. The van der Waals surface area contributed by atoms with Crippen LogP contribution < -0.4 is 4.74 Å². The van der Waals surface area contributed by atoms with Crippen LogP contribution in [-0.2, 0) is 24.2 Å². The third-order valence-corrected chi connectivity index (χ3v) is 5.24. The molecule has 0 spiro atoms. The monoisotopic (exact) mass is 447 g/mol. The minimum atomic E-state index is -3.02. The molecule has 1 amide bonds. The first-order valence-electron chi connectivity index (χ1n) is 10.3. The number of hydrogen-bond acceptors (Lipinski definition) is 4. The van der Waals surface area contributed by atoms with Crippen LogP contribution in [0.25, 0.3) is 11.0 Å². The quantitative estimate of drug-likeness (QED) is 0.557. The van der Waals surface area contributed by atoms with Crippen LogP contribution in [0.3, 0.4) is 0 Å². The maximum Gasteiger partial charge on any atom is 0.410 e. The lowest BCUT2D eigenvalue weighted by Crippen LogP contribution is -2.40. The first-order chi connectivity index (χ1) is 15.1. The van der Waals surface area contributed by atoms with Crippen molar-refractivity contribution in [1.29, 1.82) is 0 Å². The molecule has 0 aliphatic carbocycles. The van der Waals surface area contributed by atoms with E-state index in [4.69, 9.17) is 4.74 Å². The molecule has 4 rings (SSSR count). The number of benzene rings is 1. The lowest BCUT2D eigenvalue weighted by atomic mass is 10.0. The number of fused-ring (bicyclic) bond motifs is 3. The topological polar surface area (TPSA) is 56.6 Å². The molecule has 170 valence electrons. The summed E-state index contributed by atoms with van der Waals surface area (Å²) in [4.78, 5) is 18.7. The minimum absolute atomic E-state index is 0.131. The van der Waals surface area contributed by atoms with E-state index < -0.39 is 24.1 Å². The van der Waals surface area contributed by atoms with Gasteiger partial charge in [-0.2, -0.15) is 8.78 Å². The minimum Gasteiger partial charge on any atom is -0.444 e. The van der Waals surface area contributed by atoms with Gasteiger partial charge in [0.15, 0.2) is 0 Å². The second kappa shape index (κ2) is 8.37. The van der Waals surface area contributed by atoms with Gasteiger partial charge >= 0.3 is 12.7 Å². The summed E-state index contributed by atoms with van der Waals surface area (Å²) in [6, 6.07) is 7.47. The van der Waals surface area contributed by atoms with Gasteiger partial charge in [0.1, 0.15) is 22.8 Å². The fourth-order valence-corrected chi connectivity index (χ4v) is 3.92. The van der Waals surface area contributed by atoms with Crippen molar-refractivity contribution >= 4 is 17.1 Å². The molecule has 32 heavy (non-hydrogen) atoms. The summed E-state index contributed by atoms with van der Waals surface area (Å²) in [5, 5.41) is 0.949. The molecule has 2 aromatic heterocycles. The number of alkyl halides is 2. The summed E-state index contributed by atoms with van der Waals surface area (Å²) in [6.45, 7) is 3.34. The largest absolute Gasteiger partial charge is 0.444 e. The Balaban J connectivity index is 1.69. The first-order valence-corrected chi connectivity index (χ1v) is 10.3. The van der Waals surface area contributed by atoms with E-state index in [0.29, 0.717) is 30.7 Å². The van der Waals surface area contributed by atoms with Gasteiger partial charge in [0.05, 0.1) is 13.1 Å². The first kappa shape index (κ1) is 22.0. The molecular formula is C23H24F3N3O3. The Morgan fingerprint density at radius 3 is 2.72 bits per heavy atom. The summed E-state index contributed by atoms with van der Waals surface area (Å²) in [5.41, 5.74) is 2.27. The highest BCUT2D eigenvalue weighted by Gasteiger charge is 2.30. The number of hydrogen-bond donors (Lipinski definition) is 0. The van der Waals surface area contributed by atoms with Crippen molar-refractivity contribution in [2.75, 3.05) is 6.54 Å². The zero-order valence-electron chi connectivity index (χ0n) is 18.1. The van der Waals surface area contributed by atoms with E-state index in [-0.39, 0.29) is 12.3 Å². The number of halogens is 3. The number of carbonyl (C=O) groups is 1. The number of aromatic nitrogens is 2. The zero-order chi connectivity index (χ0) is 23.0. The SMILES string of the molecule is CC(C)(C)OC(=O)N1CCc2c(n(Cc3ccc(OC(F)F)cc3F)c3ncccc23)C1. The lowest BCUT2D eigenvalue weighted by molar-refractivity contribution is -0.0500. The predicted molar refractivity (Wildman–Crippen MR) is 112 cm³/mol. The Kier molecular flexibility index (Phi) is 5.75. The van der Waals surface area contributed by atoms with Crippen LogP contribution in [0.5, 0.6) is 5.75 Å². The molecular weight excluding hydrogens is 423 g/mol. The summed E-state index contributed by atoms with van der Waals surface area (Å²) in [7, 11) is 0. The van der Waals surface area contributed by atoms with Gasteiger partial charge in [-0.3, -0.25) is 0 Å². The Hall–Kier alpha value is -3.23. The smallest absolute Gasteiger partial charge is 0.410 e. The van der Waals surface area contributed by atoms with Crippen LogP contribution in [-0.4, -0.2) is 39.3 Å². The standard InChI is InChI=1S/C23H24F3N3O3/c1-23(2,3)32-22(30)28-10-8-16-17-5-4-9-27-20(17)29(19(16)13-28)12-14-6-7-15(11-18(14)24)31-21(25)26/h4-7,9,11,21H,8,10,12-13H2,1-3H3. The van der Waals surface area contributed by atoms with Gasteiger partial charge in [0, 0.05) is 35.5 Å². The van der Waals surface area contributed by atoms with Crippen molar-refractivity contribution in [1.82, 2.24) is 14.5 Å². The Labute approximate surface area is 183 Å². The summed E-state index contributed by atoms with van der Waals surface area (Å²) < 4.78 is 51.2. The molecule has 0 fully saturated rings. The molecule has 0 saturated heterocycles. The van der Waals surface area contributed by atoms with Crippen LogP contribution in [0.15, 0.2) is 36.5 Å². The van der Waals surface area contributed by atoms with Crippen LogP contribution in [0.1, 0.15) is 37.6 Å². The third kappa shape index (κ3) is 4.51. The number of ether oxygens (including phenoxy) is 2. The van der Waals surface area contributed by atoms with E-state index in [1.54, 1.807) is 11.1 Å². The van der Waals surface area contributed by atoms with Crippen molar-refractivity contribution in [2.24, 2.45) is 0 Å². The molecule has 0 atom stereocenters. The van der Waals surface area contributed by atoms with E-state index >= 15 is 0 Å². The fraction of sp³-hybridized carbons (Fsp3) is 0.391. The molecule has 6 nitrogen and oxygen atoms in total. The molecule has 1 aromatic carbocycles.